The summed E-state index contributed by atoms with van der Waals surface area (Å²) in [6.45, 7) is 13.4. The molecule has 1 heterocycles. The predicted octanol–water partition coefficient (Wildman–Crippen LogP) is 3.89. The minimum Gasteiger partial charge on any atom is -0.344 e. The molecular weight excluding hydrogens is 246 g/mol. The Morgan fingerprint density at radius 1 is 1.10 bits per heavy atom. The molecule has 1 aromatic heterocycles. The van der Waals surface area contributed by atoms with Crippen LogP contribution in [0.2, 0.25) is 0 Å². The molecular formula is C17H25N3. The molecule has 2 aromatic rings. The maximum Gasteiger partial charge on any atom is 0.109 e. The van der Waals surface area contributed by atoms with Crippen molar-refractivity contribution < 1.29 is 0 Å². The molecule has 0 amide bonds. The average molecular weight is 271 g/mol. The Bertz CT molecular complexity index is 610. The highest BCUT2D eigenvalue weighted by atomic mass is 15.0. The van der Waals surface area contributed by atoms with E-state index in [9.17, 15) is 0 Å². The van der Waals surface area contributed by atoms with E-state index in [1.165, 1.54) is 27.8 Å². The fraction of sp³-hybridized carbons (Fsp3) is 0.471. The Balaban J connectivity index is 2.74. The van der Waals surface area contributed by atoms with Gasteiger partial charge in [-0.3, -0.25) is 0 Å². The maximum absolute atomic E-state index is 5.91. The van der Waals surface area contributed by atoms with E-state index in [1.807, 2.05) is 0 Å². The summed E-state index contributed by atoms with van der Waals surface area (Å²) in [5.41, 5.74) is 14.4. The highest BCUT2D eigenvalue weighted by Gasteiger charge is 2.18. The Morgan fingerprint density at radius 2 is 1.65 bits per heavy atom. The van der Waals surface area contributed by atoms with Gasteiger partial charge in [-0.2, -0.15) is 0 Å². The molecule has 0 saturated carbocycles. The number of rotatable bonds is 3. The molecule has 1 aromatic carbocycles. The Morgan fingerprint density at radius 3 is 2.10 bits per heavy atom. The molecule has 0 spiro atoms. The molecule has 0 aliphatic heterocycles. The molecule has 0 bridgehead atoms. The van der Waals surface area contributed by atoms with Gasteiger partial charge in [0.1, 0.15) is 5.82 Å². The van der Waals surface area contributed by atoms with Crippen molar-refractivity contribution in [3.05, 3.63) is 39.8 Å². The second-order valence-corrected chi connectivity index (χ2v) is 5.94. The van der Waals surface area contributed by atoms with Gasteiger partial charge in [0, 0.05) is 18.0 Å². The first-order valence-electron chi connectivity index (χ1n) is 7.23. The summed E-state index contributed by atoms with van der Waals surface area (Å²) in [5, 5.41) is 0. The number of nitrogens with zero attached hydrogens (tertiary/aromatic N) is 1. The Hall–Kier alpha value is -1.61. The summed E-state index contributed by atoms with van der Waals surface area (Å²) in [6, 6.07) is 2.24. The fourth-order valence-electron chi connectivity index (χ4n) is 2.63. The zero-order valence-electron chi connectivity index (χ0n) is 13.4. The molecule has 2 rings (SSSR count). The third kappa shape index (κ3) is 2.38. The number of aromatic nitrogens is 2. The third-order valence-electron chi connectivity index (χ3n) is 4.15. The standard InChI is InChI=1S/C17H25N3/c1-9(2)17-19-14(8-18)16(20-17)15-12(5)10(3)7-11(4)13(15)6/h7,9H,8,18H2,1-6H3,(H,19,20). The summed E-state index contributed by atoms with van der Waals surface area (Å²) in [4.78, 5) is 8.21. The molecule has 3 nitrogen and oxygen atoms in total. The van der Waals surface area contributed by atoms with Crippen LogP contribution >= 0.6 is 0 Å². The highest BCUT2D eigenvalue weighted by molar-refractivity contribution is 5.72. The summed E-state index contributed by atoms with van der Waals surface area (Å²) >= 11 is 0. The molecule has 0 unspecified atom stereocenters. The lowest BCUT2D eigenvalue weighted by molar-refractivity contribution is 0.788. The van der Waals surface area contributed by atoms with Crippen LogP contribution in [-0.2, 0) is 6.54 Å². The van der Waals surface area contributed by atoms with Crippen molar-refractivity contribution in [1.82, 2.24) is 9.97 Å². The van der Waals surface area contributed by atoms with E-state index in [1.54, 1.807) is 0 Å². The van der Waals surface area contributed by atoms with E-state index in [0.29, 0.717) is 12.5 Å². The van der Waals surface area contributed by atoms with Crippen molar-refractivity contribution in [2.24, 2.45) is 5.73 Å². The monoisotopic (exact) mass is 271 g/mol. The van der Waals surface area contributed by atoms with Crippen molar-refractivity contribution in [3.63, 3.8) is 0 Å². The lowest BCUT2D eigenvalue weighted by atomic mass is 9.91. The highest BCUT2D eigenvalue weighted by Crippen LogP contribution is 2.33. The van der Waals surface area contributed by atoms with Crippen molar-refractivity contribution in [3.8, 4) is 11.3 Å². The normalized spacial score (nSPS) is 11.4. The molecule has 0 atom stereocenters. The first-order chi connectivity index (χ1) is 9.36. The van der Waals surface area contributed by atoms with Gasteiger partial charge >= 0.3 is 0 Å². The molecule has 20 heavy (non-hydrogen) atoms. The van der Waals surface area contributed by atoms with Gasteiger partial charge < -0.3 is 10.7 Å². The summed E-state index contributed by atoms with van der Waals surface area (Å²) in [6.07, 6.45) is 0. The molecule has 3 N–H and O–H groups in total. The molecule has 3 heteroatoms. The van der Waals surface area contributed by atoms with Crippen LogP contribution in [0.5, 0.6) is 0 Å². The number of hydrogen-bond donors (Lipinski definition) is 2. The fourth-order valence-corrected chi connectivity index (χ4v) is 2.63. The Labute approximate surface area is 121 Å². The molecule has 0 fully saturated rings. The van der Waals surface area contributed by atoms with E-state index in [0.717, 1.165) is 17.2 Å². The molecule has 0 aliphatic rings. The number of imidazole rings is 1. The van der Waals surface area contributed by atoms with Gasteiger partial charge in [-0.05, 0) is 49.9 Å². The molecule has 0 aliphatic carbocycles. The number of benzene rings is 1. The van der Waals surface area contributed by atoms with Crippen molar-refractivity contribution >= 4 is 0 Å². The van der Waals surface area contributed by atoms with Crippen molar-refractivity contribution in [1.29, 1.82) is 0 Å². The lowest BCUT2D eigenvalue weighted by Gasteiger charge is -2.14. The van der Waals surface area contributed by atoms with E-state index in [2.05, 4.69) is 52.6 Å². The molecule has 0 radical (unpaired) electrons. The first-order valence-corrected chi connectivity index (χ1v) is 7.23. The van der Waals surface area contributed by atoms with Crippen LogP contribution in [0.1, 0.15) is 53.5 Å². The van der Waals surface area contributed by atoms with Crippen LogP contribution in [0, 0.1) is 27.7 Å². The smallest absolute Gasteiger partial charge is 0.109 e. The SMILES string of the molecule is Cc1cc(C)c(C)c(-c2nc(C(C)C)[nH]c2CN)c1C. The number of hydrogen-bond acceptors (Lipinski definition) is 2. The number of H-pyrrole nitrogens is 1. The second-order valence-electron chi connectivity index (χ2n) is 5.94. The van der Waals surface area contributed by atoms with Gasteiger partial charge in [0.2, 0.25) is 0 Å². The topological polar surface area (TPSA) is 54.7 Å². The van der Waals surface area contributed by atoms with Crippen molar-refractivity contribution in [2.45, 2.75) is 54.0 Å². The first kappa shape index (κ1) is 14.8. The summed E-state index contributed by atoms with van der Waals surface area (Å²) in [5.74, 6) is 1.39. The predicted molar refractivity (Wildman–Crippen MR) is 85.0 cm³/mol. The maximum atomic E-state index is 5.91. The number of aromatic amines is 1. The lowest BCUT2D eigenvalue weighted by Crippen LogP contribution is -2.02. The zero-order valence-corrected chi connectivity index (χ0v) is 13.4. The van der Waals surface area contributed by atoms with Gasteiger partial charge in [0.05, 0.1) is 11.4 Å². The van der Waals surface area contributed by atoms with E-state index >= 15 is 0 Å². The molecule has 108 valence electrons. The minimum atomic E-state index is 0.376. The van der Waals surface area contributed by atoms with Gasteiger partial charge in [-0.15, -0.1) is 0 Å². The van der Waals surface area contributed by atoms with Crippen LogP contribution in [0.3, 0.4) is 0 Å². The third-order valence-corrected chi connectivity index (χ3v) is 4.15. The van der Waals surface area contributed by atoms with Gasteiger partial charge in [-0.1, -0.05) is 19.9 Å². The van der Waals surface area contributed by atoms with Gasteiger partial charge in [0.25, 0.3) is 0 Å². The van der Waals surface area contributed by atoms with Crippen molar-refractivity contribution in [2.75, 3.05) is 0 Å². The number of aryl methyl sites for hydroxylation is 2. The molecule has 0 saturated heterocycles. The minimum absolute atomic E-state index is 0.376. The van der Waals surface area contributed by atoms with Crippen LogP contribution in [-0.4, -0.2) is 9.97 Å². The number of nitrogens with one attached hydrogen (secondary N) is 1. The quantitative estimate of drug-likeness (QED) is 0.889. The van der Waals surface area contributed by atoms with Gasteiger partial charge in [0.15, 0.2) is 0 Å². The van der Waals surface area contributed by atoms with E-state index < -0.39 is 0 Å². The summed E-state index contributed by atoms with van der Waals surface area (Å²) in [7, 11) is 0. The van der Waals surface area contributed by atoms with E-state index in [-0.39, 0.29) is 0 Å². The number of nitrogens with two attached hydrogens (primary N) is 1. The zero-order chi connectivity index (χ0) is 15.0. The average Bonchev–Trinajstić information content (AvgIpc) is 2.81. The van der Waals surface area contributed by atoms with Crippen LogP contribution in [0.4, 0.5) is 0 Å². The van der Waals surface area contributed by atoms with Crippen LogP contribution in [0.25, 0.3) is 11.3 Å². The summed E-state index contributed by atoms with van der Waals surface area (Å²) < 4.78 is 0. The van der Waals surface area contributed by atoms with Crippen LogP contribution in [0.15, 0.2) is 6.07 Å². The second kappa shape index (κ2) is 5.41. The van der Waals surface area contributed by atoms with E-state index in [4.69, 9.17) is 10.7 Å². The van der Waals surface area contributed by atoms with Gasteiger partial charge in [-0.25, -0.2) is 4.98 Å². The largest absolute Gasteiger partial charge is 0.344 e. The van der Waals surface area contributed by atoms with Crippen LogP contribution < -0.4 is 5.73 Å². The Kier molecular flexibility index (Phi) is 4.00.